The molecule has 0 unspecified atom stereocenters. The van der Waals surface area contributed by atoms with E-state index in [-0.39, 0.29) is 19.5 Å². The van der Waals surface area contributed by atoms with E-state index in [0.29, 0.717) is 0 Å². The van der Waals surface area contributed by atoms with Crippen molar-refractivity contribution in [1.82, 2.24) is 0 Å². The molecule has 0 spiro atoms. The van der Waals surface area contributed by atoms with Gasteiger partial charge in [0.1, 0.15) is 0 Å². The maximum Gasteiger partial charge on any atom is 2.00 e. The molecule has 19 heavy (non-hydrogen) atoms. The average molecular weight is 348 g/mol. The maximum atomic E-state index is 8.52. The summed E-state index contributed by atoms with van der Waals surface area (Å²) in [6.45, 7) is 6.40. The Morgan fingerprint density at radius 2 is 1.16 bits per heavy atom. The standard InChI is InChI=1S/C12H26O.H2O4S.Zn/c1-3-5-7-8-9-10-12-13-11-6-4-2;1-5(2,3)4;/h3-12H2,1-2H3;(H2,1,2,3,4);/q;;+2/p-2. The molecular weight excluding hydrogens is 322 g/mol. The normalized spacial score (nSPS) is 10.3. The number of unbranched alkanes of at least 4 members (excludes halogenated alkanes) is 6. The molecule has 5 nitrogen and oxygen atoms in total. The molecule has 0 aromatic carbocycles. The van der Waals surface area contributed by atoms with Crippen molar-refractivity contribution in [2.45, 2.75) is 65.2 Å². The third kappa shape index (κ3) is 45.7. The Labute approximate surface area is 130 Å². The SMILES string of the molecule is CCCCCCCCOCCCC.O=S(=O)([O-])[O-].[Zn+2]. The minimum atomic E-state index is -5.17. The van der Waals surface area contributed by atoms with Gasteiger partial charge in [0.15, 0.2) is 0 Å². The molecule has 0 atom stereocenters. The summed E-state index contributed by atoms with van der Waals surface area (Å²) in [6.07, 6.45) is 10.6. The molecule has 0 aliphatic rings. The summed E-state index contributed by atoms with van der Waals surface area (Å²) >= 11 is 0. The van der Waals surface area contributed by atoms with E-state index in [4.69, 9.17) is 22.3 Å². The van der Waals surface area contributed by atoms with Gasteiger partial charge < -0.3 is 13.8 Å². The van der Waals surface area contributed by atoms with E-state index in [2.05, 4.69) is 13.8 Å². The van der Waals surface area contributed by atoms with Gasteiger partial charge in [-0.2, -0.15) is 0 Å². The molecule has 0 aromatic rings. The van der Waals surface area contributed by atoms with E-state index in [0.717, 1.165) is 13.2 Å². The van der Waals surface area contributed by atoms with E-state index in [1.165, 1.54) is 51.4 Å². The third-order valence-electron chi connectivity index (χ3n) is 2.28. The quantitative estimate of drug-likeness (QED) is 0.262. The predicted octanol–water partition coefficient (Wildman–Crippen LogP) is 2.82. The second-order valence-corrected chi connectivity index (χ2v) is 4.96. The minimum absolute atomic E-state index is 0. The first kappa shape index (κ1) is 24.5. The van der Waals surface area contributed by atoms with Crippen molar-refractivity contribution in [1.29, 1.82) is 0 Å². The zero-order valence-electron chi connectivity index (χ0n) is 12.2. The van der Waals surface area contributed by atoms with Crippen LogP contribution < -0.4 is 0 Å². The first-order chi connectivity index (χ1) is 8.41. The van der Waals surface area contributed by atoms with Crippen LogP contribution >= 0.6 is 0 Å². The molecule has 0 bridgehead atoms. The van der Waals surface area contributed by atoms with E-state index in [9.17, 15) is 0 Å². The molecule has 0 amide bonds. The summed E-state index contributed by atoms with van der Waals surface area (Å²) in [4.78, 5) is 0. The van der Waals surface area contributed by atoms with Crippen molar-refractivity contribution in [2.24, 2.45) is 0 Å². The second-order valence-electron chi connectivity index (χ2n) is 4.14. The van der Waals surface area contributed by atoms with Crippen LogP contribution in [-0.4, -0.2) is 30.7 Å². The largest absolute Gasteiger partial charge is 2.00 e. The zero-order valence-corrected chi connectivity index (χ0v) is 16.0. The predicted molar refractivity (Wildman–Crippen MR) is 69.6 cm³/mol. The van der Waals surface area contributed by atoms with Crippen molar-refractivity contribution in [3.8, 4) is 0 Å². The third-order valence-corrected chi connectivity index (χ3v) is 2.28. The van der Waals surface area contributed by atoms with Gasteiger partial charge >= 0.3 is 19.5 Å². The van der Waals surface area contributed by atoms with Crippen LogP contribution in [0.3, 0.4) is 0 Å². The summed E-state index contributed by atoms with van der Waals surface area (Å²) in [7, 11) is -5.17. The van der Waals surface area contributed by atoms with Crippen molar-refractivity contribution in [3.05, 3.63) is 0 Å². The summed E-state index contributed by atoms with van der Waals surface area (Å²) in [5.41, 5.74) is 0. The topological polar surface area (TPSA) is 89.5 Å². The number of ether oxygens (including phenoxy) is 1. The minimum Gasteiger partial charge on any atom is -0.759 e. The van der Waals surface area contributed by atoms with Crippen molar-refractivity contribution in [2.75, 3.05) is 13.2 Å². The van der Waals surface area contributed by atoms with Crippen LogP contribution in [-0.2, 0) is 34.6 Å². The summed E-state index contributed by atoms with van der Waals surface area (Å²) < 4.78 is 39.6. The van der Waals surface area contributed by atoms with Crippen molar-refractivity contribution >= 4 is 10.4 Å². The van der Waals surface area contributed by atoms with E-state index >= 15 is 0 Å². The van der Waals surface area contributed by atoms with Crippen LogP contribution in [0.15, 0.2) is 0 Å². The average Bonchev–Trinajstić information content (AvgIpc) is 2.25. The summed E-state index contributed by atoms with van der Waals surface area (Å²) in [5, 5.41) is 0. The van der Waals surface area contributed by atoms with Gasteiger partial charge in [0.2, 0.25) is 0 Å². The molecule has 0 fully saturated rings. The smallest absolute Gasteiger partial charge is 0.759 e. The Hall–Kier alpha value is 0.453. The van der Waals surface area contributed by atoms with Gasteiger partial charge in [-0.3, -0.25) is 8.42 Å². The first-order valence-electron chi connectivity index (χ1n) is 6.66. The molecule has 7 heteroatoms. The molecule has 0 saturated heterocycles. The fourth-order valence-electron chi connectivity index (χ4n) is 1.33. The molecule has 0 rings (SSSR count). The Kier molecular flexibility index (Phi) is 23.8. The number of hydrogen-bond acceptors (Lipinski definition) is 5. The summed E-state index contributed by atoms with van der Waals surface area (Å²) in [6, 6.07) is 0. The number of rotatable bonds is 10. The monoisotopic (exact) mass is 346 g/mol. The van der Waals surface area contributed by atoms with E-state index in [1.54, 1.807) is 0 Å². The van der Waals surface area contributed by atoms with Gasteiger partial charge in [-0.15, -0.1) is 0 Å². The van der Waals surface area contributed by atoms with E-state index in [1.807, 2.05) is 0 Å². The second kappa shape index (κ2) is 18.5. The van der Waals surface area contributed by atoms with Gasteiger partial charge in [0, 0.05) is 23.6 Å². The fraction of sp³-hybridized carbons (Fsp3) is 1.00. The molecule has 0 N–H and O–H groups in total. The van der Waals surface area contributed by atoms with Crippen molar-refractivity contribution in [3.63, 3.8) is 0 Å². The fourth-order valence-corrected chi connectivity index (χ4v) is 1.33. The first-order valence-corrected chi connectivity index (χ1v) is 7.99. The van der Waals surface area contributed by atoms with Crippen LogP contribution in [0.2, 0.25) is 0 Å². The molecular formula is C12H26O5SZn. The maximum absolute atomic E-state index is 8.52. The van der Waals surface area contributed by atoms with Crippen LogP contribution in [0, 0.1) is 0 Å². The van der Waals surface area contributed by atoms with E-state index < -0.39 is 10.4 Å². The van der Waals surface area contributed by atoms with Crippen molar-refractivity contribution < 1.29 is 41.7 Å². The molecule has 112 valence electrons. The summed E-state index contributed by atoms with van der Waals surface area (Å²) in [5.74, 6) is 0. The molecule has 0 aliphatic heterocycles. The van der Waals surface area contributed by atoms with Gasteiger partial charge in [0.05, 0.1) is 0 Å². The van der Waals surface area contributed by atoms with Gasteiger partial charge in [-0.25, -0.2) is 0 Å². The molecule has 0 saturated carbocycles. The van der Waals surface area contributed by atoms with Gasteiger partial charge in [-0.05, 0) is 12.8 Å². The van der Waals surface area contributed by atoms with Crippen LogP contribution in [0.5, 0.6) is 0 Å². The van der Waals surface area contributed by atoms with Crippen LogP contribution in [0.1, 0.15) is 65.2 Å². The number of hydrogen-bond donors (Lipinski definition) is 0. The molecule has 0 aromatic heterocycles. The Balaban J connectivity index is -0.000000366. The van der Waals surface area contributed by atoms with Crippen LogP contribution in [0.25, 0.3) is 0 Å². The van der Waals surface area contributed by atoms with Gasteiger partial charge in [-0.1, -0.05) is 52.4 Å². The van der Waals surface area contributed by atoms with Gasteiger partial charge in [0.25, 0.3) is 0 Å². The zero-order chi connectivity index (χ0) is 14.3. The molecule has 0 heterocycles. The Morgan fingerprint density at radius 3 is 1.63 bits per heavy atom. The molecule has 0 radical (unpaired) electrons. The Bertz CT molecular complexity index is 227. The molecule has 0 aliphatic carbocycles. The van der Waals surface area contributed by atoms with Crippen LogP contribution in [0.4, 0.5) is 0 Å². The Morgan fingerprint density at radius 1 is 0.789 bits per heavy atom.